The van der Waals surface area contributed by atoms with Crippen LogP contribution in [0.25, 0.3) is 0 Å². The number of amides is 1. The van der Waals surface area contributed by atoms with Crippen molar-refractivity contribution in [1.29, 1.82) is 0 Å². The Kier molecular flexibility index (Phi) is 8.05. The maximum Gasteiger partial charge on any atom is 0.282 e. The maximum absolute atomic E-state index is 13.0. The zero-order chi connectivity index (χ0) is 21.6. The highest BCUT2D eigenvalue weighted by molar-refractivity contribution is 7.86. The Labute approximate surface area is 181 Å². The van der Waals surface area contributed by atoms with Gasteiger partial charge in [-0.15, -0.1) is 6.58 Å². The molecule has 1 heterocycles. The Bertz CT molecular complexity index is 801. The van der Waals surface area contributed by atoms with Crippen LogP contribution in [0.4, 0.5) is 5.69 Å². The van der Waals surface area contributed by atoms with E-state index in [-0.39, 0.29) is 18.5 Å². The average Bonchev–Trinajstić information content (AvgIpc) is 2.78. The van der Waals surface area contributed by atoms with Crippen molar-refractivity contribution in [1.82, 2.24) is 13.5 Å². The van der Waals surface area contributed by atoms with E-state index in [4.69, 9.17) is 0 Å². The van der Waals surface area contributed by atoms with E-state index >= 15 is 0 Å². The van der Waals surface area contributed by atoms with Gasteiger partial charge in [0.2, 0.25) is 5.91 Å². The SMILES string of the molecule is C=CCN(C(=O)CN1CCN(S(=O)(=O)N(C)C2CCCCC2)CC1)c1ccccc1. The van der Waals surface area contributed by atoms with E-state index in [1.165, 1.54) is 6.42 Å². The summed E-state index contributed by atoms with van der Waals surface area (Å²) in [6.07, 6.45) is 7.01. The van der Waals surface area contributed by atoms with Crippen LogP contribution < -0.4 is 4.90 Å². The molecule has 0 N–H and O–H groups in total. The van der Waals surface area contributed by atoms with E-state index in [0.29, 0.717) is 32.7 Å². The van der Waals surface area contributed by atoms with Crippen LogP contribution in [-0.4, -0.2) is 80.2 Å². The molecule has 0 unspecified atom stereocenters. The number of hydrogen-bond acceptors (Lipinski definition) is 4. The number of anilines is 1. The lowest BCUT2D eigenvalue weighted by molar-refractivity contribution is -0.119. The molecular formula is C22H34N4O3S. The molecule has 1 aliphatic heterocycles. The quantitative estimate of drug-likeness (QED) is 0.589. The van der Waals surface area contributed by atoms with E-state index in [9.17, 15) is 13.2 Å². The molecule has 1 aromatic carbocycles. The Morgan fingerprint density at radius 2 is 1.73 bits per heavy atom. The van der Waals surface area contributed by atoms with Gasteiger partial charge in [-0.05, 0) is 25.0 Å². The molecule has 7 nitrogen and oxygen atoms in total. The zero-order valence-electron chi connectivity index (χ0n) is 17.9. The molecular weight excluding hydrogens is 400 g/mol. The summed E-state index contributed by atoms with van der Waals surface area (Å²) in [6, 6.07) is 9.67. The first-order valence-corrected chi connectivity index (χ1v) is 12.2. The van der Waals surface area contributed by atoms with Crippen LogP contribution in [0.3, 0.4) is 0 Å². The predicted molar refractivity (Wildman–Crippen MR) is 121 cm³/mol. The van der Waals surface area contributed by atoms with Crippen molar-refractivity contribution >= 4 is 21.8 Å². The molecule has 8 heteroatoms. The number of carbonyl (C=O) groups is 1. The van der Waals surface area contributed by atoms with Gasteiger partial charge in [0.05, 0.1) is 6.54 Å². The van der Waals surface area contributed by atoms with E-state index in [0.717, 1.165) is 31.4 Å². The Balaban J connectivity index is 1.55. The molecule has 2 aliphatic rings. The highest BCUT2D eigenvalue weighted by atomic mass is 32.2. The average molecular weight is 435 g/mol. The second-order valence-corrected chi connectivity index (χ2v) is 10.1. The highest BCUT2D eigenvalue weighted by Crippen LogP contribution is 2.25. The van der Waals surface area contributed by atoms with Crippen molar-refractivity contribution < 1.29 is 13.2 Å². The van der Waals surface area contributed by atoms with Crippen LogP contribution in [0.5, 0.6) is 0 Å². The minimum absolute atomic E-state index is 0.00303. The van der Waals surface area contributed by atoms with Gasteiger partial charge in [-0.1, -0.05) is 43.5 Å². The van der Waals surface area contributed by atoms with Crippen molar-refractivity contribution in [2.45, 2.75) is 38.1 Å². The third-order valence-corrected chi connectivity index (χ3v) is 8.19. The molecule has 1 saturated heterocycles. The number of carbonyl (C=O) groups excluding carboxylic acids is 1. The molecule has 0 atom stereocenters. The Hall–Kier alpha value is -1.74. The fourth-order valence-electron chi connectivity index (χ4n) is 4.30. The molecule has 0 bridgehead atoms. The van der Waals surface area contributed by atoms with Gasteiger partial charge >= 0.3 is 0 Å². The van der Waals surface area contributed by atoms with Gasteiger partial charge < -0.3 is 4.90 Å². The van der Waals surface area contributed by atoms with Crippen molar-refractivity contribution in [3.8, 4) is 0 Å². The summed E-state index contributed by atoms with van der Waals surface area (Å²) in [7, 11) is -1.73. The molecule has 1 saturated carbocycles. The summed E-state index contributed by atoms with van der Waals surface area (Å²) >= 11 is 0. The van der Waals surface area contributed by atoms with E-state index < -0.39 is 10.2 Å². The normalized spacial score (nSPS) is 19.7. The van der Waals surface area contributed by atoms with Gasteiger partial charge in [0.1, 0.15) is 0 Å². The number of benzene rings is 1. The van der Waals surface area contributed by atoms with Crippen LogP contribution >= 0.6 is 0 Å². The summed E-state index contributed by atoms with van der Waals surface area (Å²) < 4.78 is 29.2. The minimum atomic E-state index is -3.45. The van der Waals surface area contributed by atoms with Crippen LogP contribution in [-0.2, 0) is 15.0 Å². The first kappa shape index (κ1) is 22.9. The monoisotopic (exact) mass is 434 g/mol. The third kappa shape index (κ3) is 5.49. The standard InChI is InChI=1S/C22H34N4O3S/c1-3-14-26(21-12-8-5-9-13-21)22(27)19-24-15-17-25(18-16-24)30(28,29)23(2)20-10-6-4-7-11-20/h3,5,8-9,12-13,20H,1,4,6-7,10-11,14-19H2,2H3. The summed E-state index contributed by atoms with van der Waals surface area (Å²) in [5.74, 6) is -0.00303. The molecule has 0 spiro atoms. The fourth-order valence-corrected chi connectivity index (χ4v) is 5.88. The largest absolute Gasteiger partial charge is 0.308 e. The van der Waals surface area contributed by atoms with E-state index in [2.05, 4.69) is 6.58 Å². The Morgan fingerprint density at radius 1 is 1.10 bits per heavy atom. The van der Waals surface area contributed by atoms with Gasteiger partial charge in [-0.25, -0.2) is 0 Å². The summed E-state index contributed by atoms with van der Waals surface area (Å²) in [5.41, 5.74) is 0.845. The number of piperazine rings is 1. The second-order valence-electron chi connectivity index (χ2n) is 8.12. The van der Waals surface area contributed by atoms with Crippen molar-refractivity contribution in [2.24, 2.45) is 0 Å². The lowest BCUT2D eigenvalue weighted by Gasteiger charge is -2.38. The third-order valence-electron chi connectivity index (χ3n) is 6.15. The molecule has 1 amide bonds. The van der Waals surface area contributed by atoms with Crippen molar-refractivity contribution in [3.63, 3.8) is 0 Å². The number of para-hydroxylation sites is 1. The number of rotatable bonds is 8. The van der Waals surface area contributed by atoms with Gasteiger partial charge in [-0.3, -0.25) is 9.69 Å². The molecule has 166 valence electrons. The van der Waals surface area contributed by atoms with Crippen LogP contribution in [0, 0.1) is 0 Å². The van der Waals surface area contributed by atoms with E-state index in [1.807, 2.05) is 35.2 Å². The second kappa shape index (κ2) is 10.5. The van der Waals surface area contributed by atoms with Gasteiger partial charge in [0.25, 0.3) is 10.2 Å². The zero-order valence-corrected chi connectivity index (χ0v) is 18.8. The van der Waals surface area contributed by atoms with Crippen molar-refractivity contribution in [3.05, 3.63) is 43.0 Å². The summed E-state index contributed by atoms with van der Waals surface area (Å²) in [4.78, 5) is 16.6. The van der Waals surface area contributed by atoms with Crippen LogP contribution in [0.15, 0.2) is 43.0 Å². The molecule has 0 radical (unpaired) electrons. The molecule has 30 heavy (non-hydrogen) atoms. The summed E-state index contributed by atoms with van der Waals surface area (Å²) in [6.45, 7) is 6.43. The maximum atomic E-state index is 13.0. The first-order chi connectivity index (χ1) is 14.4. The van der Waals surface area contributed by atoms with Gasteiger partial charge in [-0.2, -0.15) is 17.0 Å². The highest BCUT2D eigenvalue weighted by Gasteiger charge is 2.35. The molecule has 0 aromatic heterocycles. The molecule has 3 rings (SSSR count). The number of nitrogens with zero attached hydrogens (tertiary/aromatic N) is 4. The predicted octanol–water partition coefficient (Wildman–Crippen LogP) is 2.33. The smallest absolute Gasteiger partial charge is 0.282 e. The molecule has 2 fully saturated rings. The Morgan fingerprint density at radius 3 is 2.33 bits per heavy atom. The van der Waals surface area contributed by atoms with Crippen LogP contribution in [0.2, 0.25) is 0 Å². The van der Waals surface area contributed by atoms with Crippen molar-refractivity contribution in [2.75, 3.05) is 51.2 Å². The van der Waals surface area contributed by atoms with Gasteiger partial charge in [0, 0.05) is 51.5 Å². The first-order valence-electron chi connectivity index (χ1n) is 10.8. The molecule has 1 aromatic rings. The van der Waals surface area contributed by atoms with Gasteiger partial charge in [0.15, 0.2) is 0 Å². The van der Waals surface area contributed by atoms with E-state index in [1.54, 1.807) is 26.6 Å². The number of hydrogen-bond donors (Lipinski definition) is 0. The molecule has 1 aliphatic carbocycles. The lowest BCUT2D eigenvalue weighted by atomic mass is 9.96. The minimum Gasteiger partial charge on any atom is -0.308 e. The fraction of sp³-hybridized carbons (Fsp3) is 0.591. The summed E-state index contributed by atoms with van der Waals surface area (Å²) in [5, 5.41) is 0. The topological polar surface area (TPSA) is 64.2 Å². The lowest BCUT2D eigenvalue weighted by Crippen LogP contribution is -2.55. The van der Waals surface area contributed by atoms with Crippen LogP contribution in [0.1, 0.15) is 32.1 Å².